The zero-order valence-electron chi connectivity index (χ0n) is 15.2. The number of hydrogen-bond donors (Lipinski definition) is 1. The minimum Gasteiger partial charge on any atom is -0.465 e. The van der Waals surface area contributed by atoms with E-state index in [1.165, 1.54) is 7.11 Å². The van der Waals surface area contributed by atoms with Gasteiger partial charge in [-0.25, -0.2) is 4.79 Å². The molecule has 9 heteroatoms. The van der Waals surface area contributed by atoms with Gasteiger partial charge in [0.1, 0.15) is 11.0 Å². The molecule has 1 aromatic heterocycles. The number of ether oxygens (including phenoxy) is 2. The van der Waals surface area contributed by atoms with Gasteiger partial charge in [0.15, 0.2) is 0 Å². The maximum atomic E-state index is 12.9. The third-order valence-corrected chi connectivity index (χ3v) is 5.09. The molecule has 1 aliphatic heterocycles. The number of fused-ring (bicyclic) bond motifs is 1. The van der Waals surface area contributed by atoms with Gasteiger partial charge in [0.25, 0.3) is 5.91 Å². The molecule has 2 heterocycles. The number of anilines is 2. The minimum atomic E-state index is -0.459. The van der Waals surface area contributed by atoms with Gasteiger partial charge >= 0.3 is 5.97 Å². The number of amides is 1. The smallest absolute Gasteiger partial charge is 0.337 e. The lowest BCUT2D eigenvalue weighted by molar-refractivity contribution is 0.0600. The fourth-order valence-electron chi connectivity index (χ4n) is 3.08. The van der Waals surface area contributed by atoms with Crippen LogP contribution in [0, 0.1) is 0 Å². The number of benzene rings is 2. The minimum absolute atomic E-state index is 0.286. The highest BCUT2D eigenvalue weighted by Crippen LogP contribution is 2.29. The van der Waals surface area contributed by atoms with E-state index in [9.17, 15) is 9.59 Å². The molecule has 0 atom stereocenters. The molecule has 0 unspecified atom stereocenters. The summed E-state index contributed by atoms with van der Waals surface area (Å²) in [5.74, 6) is -0.745. The molecule has 1 aliphatic rings. The van der Waals surface area contributed by atoms with Crippen molar-refractivity contribution in [2.24, 2.45) is 0 Å². The number of nitrogens with zero attached hydrogens (tertiary/aromatic N) is 3. The second kappa shape index (κ2) is 7.91. The van der Waals surface area contributed by atoms with E-state index in [1.807, 2.05) is 6.07 Å². The number of nitrogens with one attached hydrogen (secondary N) is 1. The van der Waals surface area contributed by atoms with E-state index in [1.54, 1.807) is 30.3 Å². The zero-order chi connectivity index (χ0) is 19.5. The summed E-state index contributed by atoms with van der Waals surface area (Å²) in [6, 6.07) is 10.3. The first-order valence-electron chi connectivity index (χ1n) is 8.74. The number of carbonyl (C=O) groups excluding carboxylic acids is 2. The first kappa shape index (κ1) is 18.3. The Morgan fingerprint density at radius 1 is 1.07 bits per heavy atom. The van der Waals surface area contributed by atoms with E-state index >= 15 is 0 Å². The van der Waals surface area contributed by atoms with Crippen molar-refractivity contribution in [2.45, 2.75) is 0 Å². The predicted molar refractivity (Wildman–Crippen MR) is 106 cm³/mol. The summed E-state index contributed by atoms with van der Waals surface area (Å²) >= 11 is 1.10. The van der Waals surface area contributed by atoms with Gasteiger partial charge in [-0.3, -0.25) is 4.79 Å². The normalized spacial score (nSPS) is 14.1. The Labute approximate surface area is 165 Å². The zero-order valence-corrected chi connectivity index (χ0v) is 16.0. The molecular formula is C19H18N4O4S. The summed E-state index contributed by atoms with van der Waals surface area (Å²) in [5, 5.41) is 2.93. The van der Waals surface area contributed by atoms with Crippen molar-refractivity contribution in [3.63, 3.8) is 0 Å². The highest BCUT2D eigenvalue weighted by Gasteiger charge is 2.19. The third-order valence-electron chi connectivity index (χ3n) is 4.53. The van der Waals surface area contributed by atoms with Gasteiger partial charge in [-0.1, -0.05) is 0 Å². The molecule has 3 aromatic rings. The maximum Gasteiger partial charge on any atom is 0.337 e. The lowest BCUT2D eigenvalue weighted by Crippen LogP contribution is -2.36. The molecule has 144 valence electrons. The summed E-state index contributed by atoms with van der Waals surface area (Å²) in [6.07, 6.45) is 0. The van der Waals surface area contributed by atoms with Gasteiger partial charge in [-0.05, 0) is 36.4 Å². The Balaban J connectivity index is 1.66. The average molecular weight is 398 g/mol. The second-order valence-corrected chi connectivity index (χ2v) is 6.77. The largest absolute Gasteiger partial charge is 0.465 e. The topological polar surface area (TPSA) is 93.7 Å². The van der Waals surface area contributed by atoms with E-state index in [0.717, 1.165) is 22.9 Å². The van der Waals surface area contributed by atoms with Crippen molar-refractivity contribution in [3.8, 4) is 0 Å². The highest BCUT2D eigenvalue weighted by atomic mass is 32.1. The summed E-state index contributed by atoms with van der Waals surface area (Å²) in [4.78, 5) is 26.9. The van der Waals surface area contributed by atoms with Crippen LogP contribution in [-0.2, 0) is 9.47 Å². The van der Waals surface area contributed by atoms with E-state index in [-0.39, 0.29) is 5.91 Å². The summed E-state index contributed by atoms with van der Waals surface area (Å²) < 4.78 is 18.5. The van der Waals surface area contributed by atoms with Crippen LogP contribution in [0.15, 0.2) is 36.4 Å². The first-order valence-corrected chi connectivity index (χ1v) is 9.47. The number of carbonyl (C=O) groups is 2. The van der Waals surface area contributed by atoms with E-state index < -0.39 is 5.97 Å². The number of hydrogen-bond acceptors (Lipinski definition) is 8. The van der Waals surface area contributed by atoms with Crippen molar-refractivity contribution in [2.75, 3.05) is 43.6 Å². The van der Waals surface area contributed by atoms with Crippen LogP contribution in [0.1, 0.15) is 20.7 Å². The number of aromatic nitrogens is 2. The molecule has 1 saturated heterocycles. The average Bonchev–Trinajstić information content (AvgIpc) is 3.21. The van der Waals surface area contributed by atoms with Crippen LogP contribution in [0.3, 0.4) is 0 Å². The summed E-state index contributed by atoms with van der Waals surface area (Å²) in [6.45, 7) is 2.63. The predicted octanol–water partition coefficient (Wildman–Crippen LogP) is 2.57. The Morgan fingerprint density at radius 3 is 2.61 bits per heavy atom. The van der Waals surface area contributed by atoms with E-state index in [2.05, 4.69) is 19.0 Å². The van der Waals surface area contributed by atoms with Crippen LogP contribution in [0.4, 0.5) is 11.4 Å². The van der Waals surface area contributed by atoms with Gasteiger partial charge < -0.3 is 19.7 Å². The van der Waals surface area contributed by atoms with Crippen LogP contribution in [0.5, 0.6) is 0 Å². The fraction of sp³-hybridized carbons (Fsp3) is 0.263. The molecule has 2 aromatic carbocycles. The Hall–Kier alpha value is -3.04. The maximum absolute atomic E-state index is 12.9. The number of morpholine rings is 1. The molecule has 0 bridgehead atoms. The molecule has 1 fully saturated rings. The molecule has 0 spiro atoms. The molecule has 4 rings (SSSR count). The third kappa shape index (κ3) is 3.67. The molecule has 0 radical (unpaired) electrons. The second-order valence-electron chi connectivity index (χ2n) is 6.24. The quantitative estimate of drug-likeness (QED) is 0.675. The molecule has 8 nitrogen and oxygen atoms in total. The van der Waals surface area contributed by atoms with Crippen LogP contribution in [-0.4, -0.2) is 54.0 Å². The number of rotatable bonds is 4. The van der Waals surface area contributed by atoms with Crippen LogP contribution in [0.2, 0.25) is 0 Å². The van der Waals surface area contributed by atoms with E-state index in [0.29, 0.717) is 48.6 Å². The highest BCUT2D eigenvalue weighted by molar-refractivity contribution is 7.00. The Bertz CT molecular complexity index is 1030. The van der Waals surface area contributed by atoms with Crippen molar-refractivity contribution in [3.05, 3.63) is 47.5 Å². The van der Waals surface area contributed by atoms with Crippen molar-refractivity contribution < 1.29 is 19.1 Å². The van der Waals surface area contributed by atoms with Crippen molar-refractivity contribution in [1.29, 1.82) is 0 Å². The number of methoxy groups -OCH3 is 1. The Morgan fingerprint density at radius 2 is 1.82 bits per heavy atom. The monoisotopic (exact) mass is 398 g/mol. The molecule has 1 amide bonds. The van der Waals surface area contributed by atoms with Crippen molar-refractivity contribution >= 4 is 46.0 Å². The SMILES string of the molecule is COC(=O)c1ccc(N2CCOCC2)c(NC(=O)c2ccc3nsnc3c2)c1. The molecule has 0 saturated carbocycles. The molecule has 28 heavy (non-hydrogen) atoms. The van der Waals surface area contributed by atoms with Crippen LogP contribution >= 0.6 is 11.7 Å². The molecular weight excluding hydrogens is 380 g/mol. The van der Waals surface area contributed by atoms with Gasteiger partial charge in [0.05, 0.1) is 49.0 Å². The van der Waals surface area contributed by atoms with Gasteiger partial charge in [-0.15, -0.1) is 0 Å². The van der Waals surface area contributed by atoms with Crippen molar-refractivity contribution in [1.82, 2.24) is 8.75 Å². The van der Waals surface area contributed by atoms with Gasteiger partial charge in [-0.2, -0.15) is 8.75 Å². The van der Waals surface area contributed by atoms with E-state index in [4.69, 9.17) is 9.47 Å². The van der Waals surface area contributed by atoms with Crippen LogP contribution < -0.4 is 10.2 Å². The first-order chi connectivity index (χ1) is 13.7. The summed E-state index contributed by atoms with van der Waals surface area (Å²) in [7, 11) is 1.33. The summed E-state index contributed by atoms with van der Waals surface area (Å²) in [5.41, 5.74) is 3.65. The molecule has 0 aliphatic carbocycles. The van der Waals surface area contributed by atoms with Crippen LogP contribution in [0.25, 0.3) is 11.0 Å². The standard InChI is InChI=1S/C19H18N4O4S/c1-26-19(25)13-3-5-17(23-6-8-27-9-7-23)16(11-13)20-18(24)12-2-4-14-15(10-12)22-28-21-14/h2-5,10-11H,6-9H2,1H3,(H,20,24). The van der Waals surface area contributed by atoms with Gasteiger partial charge in [0.2, 0.25) is 0 Å². The fourth-order valence-corrected chi connectivity index (χ4v) is 3.60. The lowest BCUT2D eigenvalue weighted by Gasteiger charge is -2.30. The Kier molecular flexibility index (Phi) is 5.18. The molecule has 1 N–H and O–H groups in total. The number of esters is 1. The van der Waals surface area contributed by atoms with Gasteiger partial charge in [0, 0.05) is 18.7 Å². The lowest BCUT2D eigenvalue weighted by atomic mass is 10.1.